The number of benzene rings is 2. The molecule has 0 bridgehead atoms. The van der Waals surface area contributed by atoms with Gasteiger partial charge in [-0.3, -0.25) is 0 Å². The summed E-state index contributed by atoms with van der Waals surface area (Å²) in [7, 11) is 0. The van der Waals surface area contributed by atoms with Crippen molar-refractivity contribution in [2.75, 3.05) is 0 Å². The van der Waals surface area contributed by atoms with Crippen LogP contribution in [0.2, 0.25) is 5.02 Å². The van der Waals surface area contributed by atoms with Gasteiger partial charge in [0.05, 0.1) is 0 Å². The molecule has 0 aliphatic heterocycles. The van der Waals surface area contributed by atoms with E-state index < -0.39 is 0 Å². The van der Waals surface area contributed by atoms with Gasteiger partial charge in [-0.1, -0.05) is 60.1 Å². The summed E-state index contributed by atoms with van der Waals surface area (Å²) >= 11 is 9.47. The minimum atomic E-state index is 0.775. The summed E-state index contributed by atoms with van der Waals surface area (Å²) < 4.78 is 0. The Hall–Kier alpha value is -1.87. The number of hydrogen-bond acceptors (Lipinski definition) is 2. The smallest absolute Gasteiger partial charge is 0.0421 e. The Bertz CT molecular complexity index is 860. The number of thiophene rings is 2. The summed E-state index contributed by atoms with van der Waals surface area (Å²) in [6.07, 6.45) is 0. The zero-order valence-electron chi connectivity index (χ0n) is 13.3. The molecule has 0 unspecified atom stereocenters. The van der Waals surface area contributed by atoms with Crippen molar-refractivity contribution in [2.45, 2.75) is 6.92 Å². The van der Waals surface area contributed by atoms with Crippen molar-refractivity contribution in [2.24, 2.45) is 0 Å². The van der Waals surface area contributed by atoms with Gasteiger partial charge in [-0.2, -0.15) is 0 Å². The normalized spacial score (nSPS) is 10.1. The third kappa shape index (κ3) is 4.35. The number of halogens is 1. The first-order valence-electron chi connectivity index (χ1n) is 7.63. The highest BCUT2D eigenvalue weighted by atomic mass is 35.5. The van der Waals surface area contributed by atoms with Crippen molar-refractivity contribution in [1.82, 2.24) is 0 Å². The van der Waals surface area contributed by atoms with Crippen LogP contribution in [0.4, 0.5) is 0 Å². The van der Waals surface area contributed by atoms with Crippen molar-refractivity contribution in [3.05, 3.63) is 93.5 Å². The van der Waals surface area contributed by atoms with Gasteiger partial charge in [-0.05, 0) is 53.1 Å². The molecule has 0 nitrogen and oxygen atoms in total. The lowest BCUT2D eigenvalue weighted by Gasteiger charge is -2.04. The maximum Gasteiger partial charge on any atom is 0.0421 e. The average Bonchev–Trinajstić information content (AvgIpc) is 3.28. The first-order chi connectivity index (χ1) is 11.7. The standard InChI is InChI=1S/C16H11ClS.C5H6S/c17-14-8-6-13(7-9-14)16-15(10-11-18-16)12-4-2-1-3-5-12;1-5-3-2-4-6-5/h1-11H;2-4H,1H3. The quantitative estimate of drug-likeness (QED) is 0.338. The van der Waals surface area contributed by atoms with Gasteiger partial charge < -0.3 is 0 Å². The highest BCUT2D eigenvalue weighted by Crippen LogP contribution is 2.36. The van der Waals surface area contributed by atoms with Crippen LogP contribution in [0.1, 0.15) is 4.88 Å². The van der Waals surface area contributed by atoms with Gasteiger partial charge in [0.2, 0.25) is 0 Å². The van der Waals surface area contributed by atoms with Crippen molar-refractivity contribution < 1.29 is 0 Å². The Labute approximate surface area is 156 Å². The molecule has 4 aromatic rings. The van der Waals surface area contributed by atoms with Gasteiger partial charge in [0.25, 0.3) is 0 Å². The summed E-state index contributed by atoms with van der Waals surface area (Å²) in [6, 6.07) is 24.8. The molecule has 120 valence electrons. The highest BCUT2D eigenvalue weighted by Gasteiger charge is 2.08. The Morgan fingerprint density at radius 1 is 0.667 bits per heavy atom. The molecule has 0 N–H and O–H groups in total. The molecule has 24 heavy (non-hydrogen) atoms. The fourth-order valence-electron chi connectivity index (χ4n) is 2.34. The molecule has 0 aliphatic carbocycles. The molecule has 0 saturated heterocycles. The van der Waals surface area contributed by atoms with E-state index in [0.29, 0.717) is 0 Å². The van der Waals surface area contributed by atoms with Crippen LogP contribution >= 0.6 is 34.3 Å². The van der Waals surface area contributed by atoms with Gasteiger partial charge in [0, 0.05) is 20.3 Å². The van der Waals surface area contributed by atoms with Crippen molar-refractivity contribution in [1.29, 1.82) is 0 Å². The van der Waals surface area contributed by atoms with E-state index >= 15 is 0 Å². The highest BCUT2D eigenvalue weighted by molar-refractivity contribution is 7.14. The van der Waals surface area contributed by atoms with Crippen LogP contribution in [0.5, 0.6) is 0 Å². The van der Waals surface area contributed by atoms with Gasteiger partial charge in [-0.15, -0.1) is 22.7 Å². The molecule has 0 amide bonds. The van der Waals surface area contributed by atoms with Crippen molar-refractivity contribution >= 4 is 34.3 Å². The van der Waals surface area contributed by atoms with Crippen molar-refractivity contribution in [3.63, 3.8) is 0 Å². The SMILES string of the molecule is Cc1cccs1.Clc1ccc(-c2sccc2-c2ccccc2)cc1. The Kier molecular flexibility index (Phi) is 5.86. The topological polar surface area (TPSA) is 0 Å². The van der Waals surface area contributed by atoms with E-state index in [2.05, 4.69) is 72.3 Å². The fourth-order valence-corrected chi connectivity index (χ4v) is 3.92. The van der Waals surface area contributed by atoms with E-state index in [1.165, 1.54) is 26.4 Å². The molecule has 2 aromatic heterocycles. The number of hydrogen-bond donors (Lipinski definition) is 0. The Balaban J connectivity index is 0.000000238. The monoisotopic (exact) mass is 368 g/mol. The first-order valence-corrected chi connectivity index (χ1v) is 9.77. The lowest BCUT2D eigenvalue weighted by atomic mass is 10.0. The minimum Gasteiger partial charge on any atom is -0.149 e. The third-order valence-corrected chi connectivity index (χ3v) is 5.54. The van der Waals surface area contributed by atoms with Crippen LogP contribution in [0.15, 0.2) is 83.6 Å². The average molecular weight is 369 g/mol. The van der Waals surface area contributed by atoms with E-state index in [1.54, 1.807) is 22.7 Å². The van der Waals surface area contributed by atoms with Crippen molar-refractivity contribution in [3.8, 4) is 21.6 Å². The van der Waals surface area contributed by atoms with Gasteiger partial charge in [-0.25, -0.2) is 0 Å². The molecule has 2 aromatic carbocycles. The predicted molar refractivity (Wildman–Crippen MR) is 109 cm³/mol. The molecule has 0 saturated carbocycles. The van der Waals surface area contributed by atoms with E-state index in [0.717, 1.165) is 5.02 Å². The van der Waals surface area contributed by atoms with Crippen LogP contribution in [0.3, 0.4) is 0 Å². The summed E-state index contributed by atoms with van der Waals surface area (Å²) in [5.74, 6) is 0. The molecular weight excluding hydrogens is 352 g/mol. The zero-order valence-corrected chi connectivity index (χ0v) is 15.7. The largest absolute Gasteiger partial charge is 0.149 e. The second-order valence-electron chi connectivity index (χ2n) is 5.26. The third-order valence-electron chi connectivity index (χ3n) is 3.52. The Morgan fingerprint density at radius 3 is 2.00 bits per heavy atom. The molecule has 0 atom stereocenters. The summed E-state index contributed by atoms with van der Waals surface area (Å²) in [4.78, 5) is 2.67. The van der Waals surface area contributed by atoms with E-state index in [-0.39, 0.29) is 0 Å². The summed E-state index contributed by atoms with van der Waals surface area (Å²) in [5.41, 5.74) is 3.75. The summed E-state index contributed by atoms with van der Waals surface area (Å²) in [5, 5.41) is 4.98. The lowest BCUT2D eigenvalue weighted by Crippen LogP contribution is -1.78. The van der Waals surface area contributed by atoms with Gasteiger partial charge in [0.1, 0.15) is 0 Å². The van der Waals surface area contributed by atoms with Crippen LogP contribution in [-0.4, -0.2) is 0 Å². The zero-order chi connectivity index (χ0) is 16.8. The molecule has 0 aliphatic rings. The van der Waals surface area contributed by atoms with Crippen LogP contribution < -0.4 is 0 Å². The van der Waals surface area contributed by atoms with E-state index in [4.69, 9.17) is 11.6 Å². The lowest BCUT2D eigenvalue weighted by molar-refractivity contribution is 1.64. The second-order valence-corrected chi connectivity index (χ2v) is 7.76. The molecule has 0 spiro atoms. The maximum absolute atomic E-state index is 5.93. The number of rotatable bonds is 2. The summed E-state index contributed by atoms with van der Waals surface area (Å²) in [6.45, 7) is 2.10. The van der Waals surface area contributed by atoms with Gasteiger partial charge in [0.15, 0.2) is 0 Å². The fraction of sp³-hybridized carbons (Fsp3) is 0.0476. The van der Waals surface area contributed by atoms with Crippen LogP contribution in [-0.2, 0) is 0 Å². The minimum absolute atomic E-state index is 0.775. The van der Waals surface area contributed by atoms with E-state index in [9.17, 15) is 0 Å². The molecule has 0 fully saturated rings. The Morgan fingerprint density at radius 2 is 1.42 bits per heavy atom. The second kappa shape index (κ2) is 8.29. The molecule has 3 heteroatoms. The van der Waals surface area contributed by atoms with Gasteiger partial charge >= 0.3 is 0 Å². The molecule has 2 heterocycles. The van der Waals surface area contributed by atoms with Crippen LogP contribution in [0.25, 0.3) is 21.6 Å². The first kappa shape index (κ1) is 17.0. The molecule has 0 radical (unpaired) electrons. The van der Waals surface area contributed by atoms with E-state index in [1.807, 2.05) is 18.2 Å². The predicted octanol–water partition coefficient (Wildman–Crippen LogP) is 7.79. The van der Waals surface area contributed by atoms with Crippen LogP contribution in [0, 0.1) is 6.92 Å². The molecular formula is C21H17ClS2. The number of aryl methyl sites for hydroxylation is 1. The molecule has 4 rings (SSSR count). The maximum atomic E-state index is 5.93.